The molecule has 0 saturated carbocycles. The van der Waals surface area contributed by atoms with Gasteiger partial charge in [-0.15, -0.1) is 0 Å². The number of carbonyl (C=O) groups is 1. The quantitative estimate of drug-likeness (QED) is 0.748. The number of fused-ring (bicyclic) bond motifs is 1. The van der Waals surface area contributed by atoms with Crippen LogP contribution in [-0.4, -0.2) is 46.2 Å². The summed E-state index contributed by atoms with van der Waals surface area (Å²) in [4.78, 5) is 12.0. The largest absolute Gasteiger partial charge is 0.478 e. The zero-order valence-corrected chi connectivity index (χ0v) is 15.3. The first-order valence-electron chi connectivity index (χ1n) is 8.60. The highest BCUT2D eigenvalue weighted by molar-refractivity contribution is 7.89. The fourth-order valence-corrected chi connectivity index (χ4v) is 4.57. The predicted octanol–water partition coefficient (Wildman–Crippen LogP) is 0.830. The third-order valence-electron chi connectivity index (χ3n) is 4.70. The smallest absolute Gasteiger partial charge is 0.347 e. The molecule has 2 N–H and O–H groups in total. The molecule has 2 aliphatic heterocycles. The first-order chi connectivity index (χ1) is 11.9. The topological polar surface area (TPSA) is 93.7 Å². The first-order valence-corrected chi connectivity index (χ1v) is 10.1. The summed E-state index contributed by atoms with van der Waals surface area (Å²) in [6.45, 7) is 5.60. The lowest BCUT2D eigenvalue weighted by Gasteiger charge is -2.30. The van der Waals surface area contributed by atoms with Crippen molar-refractivity contribution in [3.05, 3.63) is 23.8 Å². The van der Waals surface area contributed by atoms with E-state index in [9.17, 15) is 13.2 Å². The van der Waals surface area contributed by atoms with Gasteiger partial charge in [-0.1, -0.05) is 6.92 Å². The van der Waals surface area contributed by atoms with E-state index in [0.29, 0.717) is 24.3 Å². The molecule has 1 aromatic carbocycles. The van der Waals surface area contributed by atoms with Gasteiger partial charge in [-0.2, -0.15) is 0 Å². The maximum atomic E-state index is 12.7. The van der Waals surface area contributed by atoms with Crippen LogP contribution in [0.1, 0.15) is 25.8 Å². The SMILES string of the molecule is CCOC(=O)C1Cc2cc(S(=O)(=O)NC3CNCCC3C)ccc2O1. The number of carbonyl (C=O) groups excluding carboxylic acids is 1. The lowest BCUT2D eigenvalue weighted by Crippen LogP contribution is -2.50. The van der Waals surface area contributed by atoms with Gasteiger partial charge in [-0.05, 0) is 49.6 Å². The van der Waals surface area contributed by atoms with Crippen LogP contribution in [-0.2, 0) is 26.0 Å². The van der Waals surface area contributed by atoms with Gasteiger partial charge in [-0.25, -0.2) is 17.9 Å². The third-order valence-corrected chi connectivity index (χ3v) is 6.19. The molecule has 0 amide bonds. The summed E-state index contributed by atoms with van der Waals surface area (Å²) in [6.07, 6.45) is 0.550. The van der Waals surface area contributed by atoms with Crippen molar-refractivity contribution in [2.45, 2.75) is 43.7 Å². The Morgan fingerprint density at radius 1 is 1.44 bits per heavy atom. The van der Waals surface area contributed by atoms with Crippen LogP contribution >= 0.6 is 0 Å². The van der Waals surface area contributed by atoms with E-state index >= 15 is 0 Å². The van der Waals surface area contributed by atoms with Crippen molar-refractivity contribution >= 4 is 16.0 Å². The molecule has 2 heterocycles. The summed E-state index contributed by atoms with van der Waals surface area (Å²) < 4.78 is 38.7. The molecule has 1 saturated heterocycles. The van der Waals surface area contributed by atoms with Gasteiger partial charge in [0.05, 0.1) is 11.5 Å². The van der Waals surface area contributed by atoms with Gasteiger partial charge in [0.1, 0.15) is 5.75 Å². The van der Waals surface area contributed by atoms with E-state index in [1.807, 2.05) is 0 Å². The second kappa shape index (κ2) is 7.31. The lowest BCUT2D eigenvalue weighted by molar-refractivity contribution is -0.150. The van der Waals surface area contributed by atoms with Gasteiger partial charge >= 0.3 is 5.97 Å². The highest BCUT2D eigenvalue weighted by atomic mass is 32.2. The average molecular weight is 368 g/mol. The molecule has 2 aliphatic rings. The Morgan fingerprint density at radius 3 is 2.96 bits per heavy atom. The molecule has 0 aromatic heterocycles. The number of nitrogens with one attached hydrogen (secondary N) is 2. The van der Waals surface area contributed by atoms with Crippen molar-refractivity contribution in [1.82, 2.24) is 10.0 Å². The Bertz CT molecular complexity index is 749. The van der Waals surface area contributed by atoms with Gasteiger partial charge in [0.15, 0.2) is 6.10 Å². The zero-order chi connectivity index (χ0) is 18.0. The normalized spacial score (nSPS) is 25.9. The summed E-state index contributed by atoms with van der Waals surface area (Å²) in [5.41, 5.74) is 0.704. The second-order valence-corrected chi connectivity index (χ2v) is 8.24. The van der Waals surface area contributed by atoms with Crippen molar-refractivity contribution in [3.8, 4) is 5.75 Å². The van der Waals surface area contributed by atoms with Gasteiger partial charge < -0.3 is 14.8 Å². The van der Waals surface area contributed by atoms with Crippen LogP contribution in [0.2, 0.25) is 0 Å². The molecule has 0 aliphatic carbocycles. The van der Waals surface area contributed by atoms with Crippen LogP contribution in [0.25, 0.3) is 0 Å². The predicted molar refractivity (Wildman–Crippen MR) is 92.0 cm³/mol. The summed E-state index contributed by atoms with van der Waals surface area (Å²) in [5, 5.41) is 3.21. The molecule has 138 valence electrons. The van der Waals surface area contributed by atoms with Crippen molar-refractivity contribution in [2.75, 3.05) is 19.7 Å². The molecule has 3 unspecified atom stereocenters. The van der Waals surface area contributed by atoms with E-state index in [2.05, 4.69) is 17.0 Å². The molecule has 0 spiro atoms. The lowest BCUT2D eigenvalue weighted by atomic mass is 9.96. The zero-order valence-electron chi connectivity index (χ0n) is 14.4. The van der Waals surface area contributed by atoms with Crippen molar-refractivity contribution in [2.24, 2.45) is 5.92 Å². The fourth-order valence-electron chi connectivity index (χ4n) is 3.17. The number of ether oxygens (including phenoxy) is 2. The van der Waals surface area contributed by atoms with Gasteiger partial charge in [0, 0.05) is 19.0 Å². The minimum atomic E-state index is -3.62. The fraction of sp³-hybridized carbons (Fsp3) is 0.588. The number of piperidine rings is 1. The van der Waals surface area contributed by atoms with Crippen molar-refractivity contribution < 1.29 is 22.7 Å². The van der Waals surface area contributed by atoms with Gasteiger partial charge in [0.25, 0.3) is 0 Å². The summed E-state index contributed by atoms with van der Waals surface area (Å²) in [5.74, 6) is 0.384. The number of benzene rings is 1. The van der Waals surface area contributed by atoms with Crippen LogP contribution in [0.15, 0.2) is 23.1 Å². The number of esters is 1. The number of sulfonamides is 1. The highest BCUT2D eigenvalue weighted by Crippen LogP contribution is 2.31. The number of hydrogen-bond acceptors (Lipinski definition) is 6. The molecule has 7 nitrogen and oxygen atoms in total. The number of hydrogen-bond donors (Lipinski definition) is 2. The molecular formula is C17H24N2O5S. The first kappa shape index (κ1) is 18.2. The average Bonchev–Trinajstić information content (AvgIpc) is 3.00. The third kappa shape index (κ3) is 3.96. The van der Waals surface area contributed by atoms with E-state index in [1.165, 1.54) is 6.07 Å². The van der Waals surface area contributed by atoms with Crippen LogP contribution in [0.3, 0.4) is 0 Å². The van der Waals surface area contributed by atoms with Crippen molar-refractivity contribution in [1.29, 1.82) is 0 Å². The van der Waals surface area contributed by atoms with Gasteiger partial charge in [0.2, 0.25) is 10.0 Å². The van der Waals surface area contributed by atoms with Crippen LogP contribution in [0, 0.1) is 5.92 Å². The standard InChI is InChI=1S/C17H24N2O5S/c1-3-23-17(20)16-9-12-8-13(4-5-15(12)24-16)25(21,22)19-14-10-18-7-6-11(14)2/h4-5,8,11,14,16,18-19H,3,6-7,9-10H2,1-2H3. The molecule has 3 rings (SSSR count). The molecular weight excluding hydrogens is 344 g/mol. The van der Waals surface area contributed by atoms with Crippen LogP contribution in [0.4, 0.5) is 0 Å². The Balaban J connectivity index is 1.74. The highest BCUT2D eigenvalue weighted by Gasteiger charge is 2.32. The Kier molecular flexibility index (Phi) is 5.31. The Labute approximate surface area is 148 Å². The summed E-state index contributed by atoms with van der Waals surface area (Å²) >= 11 is 0. The molecule has 3 atom stereocenters. The maximum Gasteiger partial charge on any atom is 0.347 e. The van der Waals surface area contributed by atoms with Crippen molar-refractivity contribution in [3.63, 3.8) is 0 Å². The maximum absolute atomic E-state index is 12.7. The molecule has 1 aromatic rings. The molecule has 0 radical (unpaired) electrons. The number of rotatable bonds is 5. The Morgan fingerprint density at radius 2 is 2.24 bits per heavy atom. The van der Waals surface area contributed by atoms with Crippen LogP contribution < -0.4 is 14.8 Å². The van der Waals surface area contributed by atoms with Gasteiger partial charge in [-0.3, -0.25) is 0 Å². The second-order valence-electron chi connectivity index (χ2n) is 6.53. The molecule has 0 bridgehead atoms. The Hall–Kier alpha value is -1.64. The van der Waals surface area contributed by atoms with E-state index < -0.39 is 22.1 Å². The van der Waals surface area contributed by atoms with Crippen LogP contribution in [0.5, 0.6) is 5.75 Å². The van der Waals surface area contributed by atoms with E-state index in [1.54, 1.807) is 19.1 Å². The molecule has 25 heavy (non-hydrogen) atoms. The van der Waals surface area contributed by atoms with E-state index in [4.69, 9.17) is 9.47 Å². The summed E-state index contributed by atoms with van der Waals surface area (Å²) in [6, 6.07) is 4.56. The molecule has 1 fully saturated rings. The molecule has 8 heteroatoms. The summed E-state index contributed by atoms with van der Waals surface area (Å²) in [7, 11) is -3.62. The monoisotopic (exact) mass is 368 g/mol. The van der Waals surface area contributed by atoms with E-state index in [-0.39, 0.29) is 23.5 Å². The minimum absolute atomic E-state index is 0.129. The van der Waals surface area contributed by atoms with E-state index in [0.717, 1.165) is 13.0 Å². The minimum Gasteiger partial charge on any atom is -0.478 e.